The van der Waals surface area contributed by atoms with Crippen LogP contribution in [0.5, 0.6) is 0 Å². The van der Waals surface area contributed by atoms with Crippen molar-refractivity contribution in [3.8, 4) is 0 Å². The fourth-order valence-corrected chi connectivity index (χ4v) is 5.72. The Kier molecular flexibility index (Phi) is 7.62. The molecule has 204 valence electrons. The molecule has 2 amide bonds. The summed E-state index contributed by atoms with van der Waals surface area (Å²) in [5.41, 5.74) is 2.53. The Balaban J connectivity index is 1.33. The zero-order valence-electron chi connectivity index (χ0n) is 21.2. The Morgan fingerprint density at radius 1 is 1.08 bits per heavy atom. The first-order chi connectivity index (χ1) is 18.8. The van der Waals surface area contributed by atoms with E-state index < -0.39 is 18.0 Å². The van der Waals surface area contributed by atoms with Crippen LogP contribution in [0, 0.1) is 0 Å². The van der Waals surface area contributed by atoms with E-state index in [-0.39, 0.29) is 28.1 Å². The highest BCUT2D eigenvalue weighted by molar-refractivity contribution is 6.40. The molecule has 0 radical (unpaired) electrons. The fraction of sp³-hybridized carbons (Fsp3) is 0.346. The molecule has 39 heavy (non-hydrogen) atoms. The minimum atomic E-state index is -1.45. The lowest BCUT2D eigenvalue weighted by atomic mass is 9.96. The van der Waals surface area contributed by atoms with Crippen molar-refractivity contribution in [2.75, 3.05) is 26.7 Å². The minimum Gasteiger partial charge on any atom is -0.478 e. The van der Waals surface area contributed by atoms with Crippen molar-refractivity contribution >= 4 is 52.5 Å². The molecule has 2 aliphatic rings. The van der Waals surface area contributed by atoms with Gasteiger partial charge in [0, 0.05) is 39.4 Å². The summed E-state index contributed by atoms with van der Waals surface area (Å²) < 4.78 is 1.64. The summed E-state index contributed by atoms with van der Waals surface area (Å²) in [4.78, 5) is 46.1. The van der Waals surface area contributed by atoms with Gasteiger partial charge in [0.05, 0.1) is 21.1 Å². The maximum Gasteiger partial charge on any atom is 0.347 e. The van der Waals surface area contributed by atoms with Gasteiger partial charge in [-0.1, -0.05) is 29.3 Å². The molecule has 3 N–H and O–H groups in total. The SMILES string of the molecule is CN=C(N[C@H](NC(=O)c1c(Cl)cc2c(c1Cl)CCN(C(=O)c1cc3ccccn3n1)C2)C(=O)O)N1CCCC1. The third-order valence-corrected chi connectivity index (χ3v) is 7.64. The Labute approximate surface area is 234 Å². The molecule has 0 aliphatic carbocycles. The number of aromatic nitrogens is 2. The first-order valence-corrected chi connectivity index (χ1v) is 13.3. The molecule has 4 heterocycles. The van der Waals surface area contributed by atoms with Crippen LogP contribution in [0.15, 0.2) is 41.5 Å². The standard InChI is InChI=1S/C26H27Cl2N7O4/c1-29-26(33-8-4-5-9-33)31-22(25(38)39)30-23(36)20-18(27)12-15-14-34(11-7-17(15)21(20)28)24(37)19-13-16-6-2-3-10-35(16)32-19/h2-3,6,10,12-13,22H,4-5,7-9,11,14H2,1H3,(H,29,31)(H,30,36)(H,38,39)/t22-/m0/s1. The molecule has 5 rings (SSSR count). The number of nitrogens with zero attached hydrogens (tertiary/aromatic N) is 5. The van der Waals surface area contributed by atoms with Crippen molar-refractivity contribution in [1.29, 1.82) is 0 Å². The van der Waals surface area contributed by atoms with Crippen LogP contribution in [-0.4, -0.2) is 81.1 Å². The van der Waals surface area contributed by atoms with Gasteiger partial charge in [0.2, 0.25) is 6.17 Å². The lowest BCUT2D eigenvalue weighted by Gasteiger charge is -2.30. The Hall–Kier alpha value is -3.83. The second-order valence-corrected chi connectivity index (χ2v) is 10.2. The van der Waals surface area contributed by atoms with E-state index in [0.717, 1.165) is 31.4 Å². The first kappa shape index (κ1) is 26.8. The van der Waals surface area contributed by atoms with Crippen LogP contribution in [0.25, 0.3) is 5.52 Å². The molecule has 1 fully saturated rings. The number of hydrogen-bond acceptors (Lipinski definition) is 5. The second kappa shape index (κ2) is 11.1. The van der Waals surface area contributed by atoms with Gasteiger partial charge < -0.3 is 25.5 Å². The van der Waals surface area contributed by atoms with Crippen molar-refractivity contribution in [2.24, 2.45) is 4.99 Å². The molecule has 2 aliphatic heterocycles. The quantitative estimate of drug-likeness (QED) is 0.243. The largest absolute Gasteiger partial charge is 0.478 e. The van der Waals surface area contributed by atoms with Gasteiger partial charge >= 0.3 is 5.97 Å². The molecule has 0 unspecified atom stereocenters. The van der Waals surface area contributed by atoms with Crippen LogP contribution in [0.3, 0.4) is 0 Å². The normalized spacial score (nSPS) is 16.2. The number of guanidine groups is 1. The zero-order valence-corrected chi connectivity index (χ0v) is 22.7. The topological polar surface area (TPSA) is 132 Å². The van der Waals surface area contributed by atoms with Gasteiger partial charge in [-0.05, 0) is 54.7 Å². The molecule has 2 aromatic heterocycles. The van der Waals surface area contributed by atoms with E-state index in [9.17, 15) is 19.5 Å². The van der Waals surface area contributed by atoms with E-state index >= 15 is 0 Å². The highest BCUT2D eigenvalue weighted by atomic mass is 35.5. The maximum absolute atomic E-state index is 13.2. The number of amides is 2. The Morgan fingerprint density at radius 3 is 2.54 bits per heavy atom. The number of aliphatic imine (C=N–C) groups is 1. The van der Waals surface area contributed by atoms with E-state index in [0.29, 0.717) is 35.7 Å². The summed E-state index contributed by atoms with van der Waals surface area (Å²) in [6, 6.07) is 8.91. The van der Waals surface area contributed by atoms with Crippen molar-refractivity contribution < 1.29 is 19.5 Å². The highest BCUT2D eigenvalue weighted by Gasteiger charge is 2.31. The summed E-state index contributed by atoms with van der Waals surface area (Å²) in [7, 11) is 1.56. The number of halogens is 2. The molecule has 0 saturated carbocycles. The summed E-state index contributed by atoms with van der Waals surface area (Å²) in [6.45, 7) is 2.11. The maximum atomic E-state index is 13.2. The summed E-state index contributed by atoms with van der Waals surface area (Å²) in [5.74, 6) is -1.85. The monoisotopic (exact) mass is 571 g/mol. The summed E-state index contributed by atoms with van der Waals surface area (Å²) >= 11 is 13.2. The zero-order chi connectivity index (χ0) is 27.7. The Morgan fingerprint density at radius 2 is 1.85 bits per heavy atom. The Bertz CT molecular complexity index is 1450. The van der Waals surface area contributed by atoms with Crippen LogP contribution in [-0.2, 0) is 17.8 Å². The van der Waals surface area contributed by atoms with Crippen LogP contribution in [0.1, 0.15) is 44.8 Å². The van der Waals surface area contributed by atoms with Gasteiger partial charge in [0.15, 0.2) is 11.7 Å². The molecule has 13 heteroatoms. The number of rotatable bonds is 5. The van der Waals surface area contributed by atoms with E-state index in [2.05, 4.69) is 20.7 Å². The van der Waals surface area contributed by atoms with Crippen LogP contribution >= 0.6 is 23.2 Å². The molecule has 1 atom stereocenters. The minimum absolute atomic E-state index is 0.0126. The van der Waals surface area contributed by atoms with E-state index in [1.54, 1.807) is 34.8 Å². The van der Waals surface area contributed by atoms with Crippen LogP contribution < -0.4 is 10.6 Å². The van der Waals surface area contributed by atoms with Crippen molar-refractivity contribution in [3.63, 3.8) is 0 Å². The number of carbonyl (C=O) groups excluding carboxylic acids is 2. The summed E-state index contributed by atoms with van der Waals surface area (Å²) in [6.07, 6.45) is 2.68. The molecule has 11 nitrogen and oxygen atoms in total. The van der Waals surface area contributed by atoms with E-state index in [1.165, 1.54) is 0 Å². The molecular formula is C26H27Cl2N7O4. The molecule has 1 saturated heterocycles. The fourth-order valence-electron chi connectivity index (χ4n) is 4.96. The smallest absolute Gasteiger partial charge is 0.347 e. The van der Waals surface area contributed by atoms with Gasteiger partial charge in [-0.15, -0.1) is 0 Å². The van der Waals surface area contributed by atoms with E-state index in [1.807, 2.05) is 23.1 Å². The van der Waals surface area contributed by atoms with Gasteiger partial charge in [-0.25, -0.2) is 9.31 Å². The van der Waals surface area contributed by atoms with E-state index in [4.69, 9.17) is 23.2 Å². The number of hydrogen-bond donors (Lipinski definition) is 3. The number of aliphatic carboxylic acids is 1. The average molecular weight is 572 g/mol. The molecule has 0 spiro atoms. The van der Waals surface area contributed by atoms with Crippen LogP contribution in [0.4, 0.5) is 0 Å². The molecule has 1 aromatic carbocycles. The molecular weight excluding hydrogens is 545 g/mol. The van der Waals surface area contributed by atoms with Gasteiger partial charge in [0.25, 0.3) is 11.8 Å². The average Bonchev–Trinajstić information content (AvgIpc) is 3.60. The van der Waals surface area contributed by atoms with Gasteiger partial charge in [0.1, 0.15) is 0 Å². The predicted octanol–water partition coefficient (Wildman–Crippen LogP) is 2.65. The number of carbonyl (C=O) groups is 3. The number of carboxylic acid groups (broad SMARTS) is 1. The van der Waals surface area contributed by atoms with Crippen molar-refractivity contribution in [1.82, 2.24) is 30.0 Å². The third kappa shape index (κ3) is 5.37. The molecule has 0 bridgehead atoms. The second-order valence-electron chi connectivity index (χ2n) is 9.39. The lowest BCUT2D eigenvalue weighted by Crippen LogP contribution is -2.56. The van der Waals surface area contributed by atoms with Crippen molar-refractivity contribution in [3.05, 3.63) is 69.0 Å². The van der Waals surface area contributed by atoms with Crippen molar-refractivity contribution in [2.45, 2.75) is 32.0 Å². The third-order valence-electron chi connectivity index (χ3n) is 6.92. The highest BCUT2D eigenvalue weighted by Crippen LogP contribution is 2.35. The molecule has 3 aromatic rings. The summed E-state index contributed by atoms with van der Waals surface area (Å²) in [5, 5.41) is 19.6. The number of pyridine rings is 1. The van der Waals surface area contributed by atoms with Gasteiger partial charge in [-0.2, -0.15) is 5.10 Å². The number of carboxylic acids is 1. The van der Waals surface area contributed by atoms with Gasteiger partial charge in [-0.3, -0.25) is 14.6 Å². The number of fused-ring (bicyclic) bond motifs is 2. The number of nitrogens with one attached hydrogen (secondary N) is 2. The predicted molar refractivity (Wildman–Crippen MR) is 146 cm³/mol. The lowest BCUT2D eigenvalue weighted by molar-refractivity contribution is -0.139. The first-order valence-electron chi connectivity index (χ1n) is 12.5. The number of likely N-dealkylation sites (tertiary alicyclic amines) is 1. The number of benzene rings is 1. The van der Waals surface area contributed by atoms with Crippen LogP contribution in [0.2, 0.25) is 10.0 Å².